The summed E-state index contributed by atoms with van der Waals surface area (Å²) in [7, 11) is 0. The monoisotopic (exact) mass is 975 g/mol. The first-order valence-corrected chi connectivity index (χ1v) is 25.8. The highest BCUT2D eigenvalue weighted by molar-refractivity contribution is 6.13. The van der Waals surface area contributed by atoms with Gasteiger partial charge in [-0.1, -0.05) is 166 Å². The van der Waals surface area contributed by atoms with E-state index in [2.05, 4.69) is 240 Å². The number of hydrogen-bond acceptors (Lipinski definition) is 3. The van der Waals surface area contributed by atoms with Crippen molar-refractivity contribution in [2.24, 2.45) is 0 Å². The molecule has 0 fully saturated rings. The van der Waals surface area contributed by atoms with Crippen molar-refractivity contribution >= 4 is 43.6 Å². The Morgan fingerprint density at radius 3 is 0.750 bits per heavy atom. The maximum Gasteiger partial charge on any atom is 0.104 e. The van der Waals surface area contributed by atoms with Gasteiger partial charge < -0.3 is 9.13 Å². The maximum atomic E-state index is 12.1. The first-order valence-electron chi connectivity index (χ1n) is 25.8. The van der Waals surface area contributed by atoms with Crippen molar-refractivity contribution in [3.63, 3.8) is 0 Å². The zero-order valence-corrected chi connectivity index (χ0v) is 44.0. The Balaban J connectivity index is 1.26. The van der Waals surface area contributed by atoms with Crippen LogP contribution in [-0.4, -0.2) is 9.13 Å². The largest absolute Gasteiger partial charge is 0.308 e. The summed E-state index contributed by atoms with van der Waals surface area (Å²) in [6.45, 7) is 17.1. The number of aryl methyl sites for hydroxylation is 8. The van der Waals surface area contributed by atoms with Crippen LogP contribution < -0.4 is 0 Å². The van der Waals surface area contributed by atoms with E-state index in [0.29, 0.717) is 33.6 Å². The van der Waals surface area contributed by atoms with Gasteiger partial charge in [-0.05, 0) is 166 Å². The quantitative estimate of drug-likeness (QED) is 0.160. The highest BCUT2D eigenvalue weighted by Gasteiger charge is 2.25. The van der Waals surface area contributed by atoms with E-state index in [0.717, 1.165) is 93.7 Å². The summed E-state index contributed by atoms with van der Waals surface area (Å²) >= 11 is 0. The van der Waals surface area contributed by atoms with Crippen LogP contribution >= 0.6 is 0 Å². The topological polar surface area (TPSA) is 81.2 Å². The first kappa shape index (κ1) is 47.3. The molecule has 2 aromatic heterocycles. The number of benzene rings is 10. The SMILES string of the molecule is Cc1cc(C)cc(-c2ccc3c4ccc(-c5cc(C)cc(C)c5)cc4n(-c4cc(-c5cc(C#N)cc(C#N)c5)cc(-n5c6cc(-c7cc(C)cc(C)c7)ccc6c6ccc(-c7cc(C)cc(C)c7)cc65)c4C#N)c3c2)c1. The van der Waals surface area contributed by atoms with Crippen molar-refractivity contribution in [1.82, 2.24) is 9.13 Å². The normalized spacial score (nSPS) is 11.4. The minimum Gasteiger partial charge on any atom is -0.308 e. The van der Waals surface area contributed by atoms with Crippen LogP contribution in [0.1, 0.15) is 61.2 Å². The highest BCUT2D eigenvalue weighted by Crippen LogP contribution is 2.44. The molecule has 0 saturated carbocycles. The minimum atomic E-state index is 0.377. The van der Waals surface area contributed by atoms with Crippen LogP contribution in [0.15, 0.2) is 176 Å². The summed E-state index contributed by atoms with van der Waals surface area (Å²) in [5.41, 5.74) is 26.0. The van der Waals surface area contributed by atoms with Gasteiger partial charge in [0.15, 0.2) is 0 Å². The summed E-state index contributed by atoms with van der Waals surface area (Å²) in [4.78, 5) is 0. The molecule has 0 aliphatic heterocycles. The van der Waals surface area contributed by atoms with E-state index in [1.165, 1.54) is 44.5 Å². The van der Waals surface area contributed by atoms with Crippen LogP contribution in [0.25, 0.3) is 111 Å². The molecule has 0 atom stereocenters. The fraction of sp³-hybridized carbons (Fsp3) is 0.113. The molecule has 2 heterocycles. The molecule has 5 heteroatoms. The van der Waals surface area contributed by atoms with Crippen LogP contribution in [0.5, 0.6) is 0 Å². The smallest absolute Gasteiger partial charge is 0.104 e. The van der Waals surface area contributed by atoms with Gasteiger partial charge in [0.25, 0.3) is 0 Å². The Bertz CT molecular complexity index is 4010. The third kappa shape index (κ3) is 8.28. The fourth-order valence-corrected chi connectivity index (χ4v) is 12.0. The van der Waals surface area contributed by atoms with Gasteiger partial charge in [-0.2, -0.15) is 15.8 Å². The maximum absolute atomic E-state index is 12.1. The molecule has 0 N–H and O–H groups in total. The third-order valence-electron chi connectivity index (χ3n) is 15.0. The zero-order chi connectivity index (χ0) is 52.7. The second-order valence-corrected chi connectivity index (χ2v) is 21.1. The zero-order valence-electron chi connectivity index (χ0n) is 44.0. The van der Waals surface area contributed by atoms with E-state index in [-0.39, 0.29) is 0 Å². The predicted molar refractivity (Wildman–Crippen MR) is 314 cm³/mol. The summed E-state index contributed by atoms with van der Waals surface area (Å²) in [5.74, 6) is 0. The summed E-state index contributed by atoms with van der Waals surface area (Å²) in [6.07, 6.45) is 0. The standard InChI is InChI=1S/C71H53N5/c1-41-17-42(2)22-55(21-41)51-9-13-61-62-14-10-52(56-23-43(3)18-44(4)24-56)33-67(62)75(66(61)32-51)70-36-60(59-30-49(38-72)29-50(31-59)39-73)37-71(65(70)40-74)76-68-34-53(57-25-45(5)19-46(6)26-57)11-15-63(68)64-16-12-54(35-69(64)76)58-27-47(7)20-48(8)28-58/h9-37H,1-8H3. The molecule has 5 nitrogen and oxygen atoms in total. The Morgan fingerprint density at radius 2 is 0.500 bits per heavy atom. The molecule has 0 aliphatic carbocycles. The molecule has 0 unspecified atom stereocenters. The number of aromatic nitrogens is 2. The van der Waals surface area contributed by atoms with E-state index in [1.807, 2.05) is 12.1 Å². The summed E-state index contributed by atoms with van der Waals surface area (Å²) < 4.78 is 4.56. The molecule has 0 spiro atoms. The van der Waals surface area contributed by atoms with Crippen molar-refractivity contribution in [1.29, 1.82) is 15.8 Å². The van der Waals surface area contributed by atoms with E-state index in [4.69, 9.17) is 0 Å². The molecular formula is C71H53N5. The molecule has 76 heavy (non-hydrogen) atoms. The van der Waals surface area contributed by atoms with Gasteiger partial charge >= 0.3 is 0 Å². The number of rotatable bonds is 7. The van der Waals surface area contributed by atoms with E-state index < -0.39 is 0 Å². The lowest BCUT2D eigenvalue weighted by Crippen LogP contribution is -2.05. The van der Waals surface area contributed by atoms with Gasteiger partial charge in [-0.25, -0.2) is 0 Å². The molecule has 0 saturated heterocycles. The van der Waals surface area contributed by atoms with Crippen molar-refractivity contribution in [3.05, 3.63) is 237 Å². The predicted octanol–water partition coefficient (Wildman–Crippen LogP) is 18.3. The van der Waals surface area contributed by atoms with Crippen LogP contribution in [0.3, 0.4) is 0 Å². The molecule has 12 rings (SSSR count). The second-order valence-electron chi connectivity index (χ2n) is 21.1. The van der Waals surface area contributed by atoms with Crippen LogP contribution in [0.2, 0.25) is 0 Å². The first-order chi connectivity index (χ1) is 36.7. The summed E-state index contributed by atoms with van der Waals surface area (Å²) in [6, 6.07) is 70.4. The van der Waals surface area contributed by atoms with E-state index >= 15 is 0 Å². The summed E-state index contributed by atoms with van der Waals surface area (Å²) in [5, 5.41) is 37.1. The lowest BCUT2D eigenvalue weighted by Gasteiger charge is -2.19. The Morgan fingerprint density at radius 1 is 0.250 bits per heavy atom. The third-order valence-corrected chi connectivity index (χ3v) is 15.0. The molecule has 0 aliphatic rings. The van der Waals surface area contributed by atoms with Gasteiger partial charge in [0, 0.05) is 21.5 Å². The van der Waals surface area contributed by atoms with Crippen molar-refractivity contribution < 1.29 is 0 Å². The number of hydrogen-bond donors (Lipinski definition) is 0. The minimum absolute atomic E-state index is 0.377. The molecule has 0 bridgehead atoms. The molecule has 12 aromatic rings. The molecular weight excluding hydrogens is 923 g/mol. The van der Waals surface area contributed by atoms with Gasteiger partial charge in [0.05, 0.1) is 56.7 Å². The van der Waals surface area contributed by atoms with Crippen molar-refractivity contribution in [2.45, 2.75) is 55.4 Å². The Labute approximate surface area is 444 Å². The Hall–Kier alpha value is -9.73. The number of fused-ring (bicyclic) bond motifs is 6. The average Bonchev–Trinajstić information content (AvgIpc) is 4.12. The van der Waals surface area contributed by atoms with Crippen LogP contribution in [0, 0.1) is 89.4 Å². The fourth-order valence-electron chi connectivity index (χ4n) is 12.0. The highest BCUT2D eigenvalue weighted by atomic mass is 15.0. The number of nitrogens with zero attached hydrogens (tertiary/aromatic N) is 5. The molecule has 10 aromatic carbocycles. The molecule has 0 radical (unpaired) electrons. The Kier molecular flexibility index (Phi) is 11.4. The van der Waals surface area contributed by atoms with E-state index in [9.17, 15) is 15.8 Å². The van der Waals surface area contributed by atoms with Gasteiger partial charge in [0.1, 0.15) is 11.6 Å². The van der Waals surface area contributed by atoms with Crippen molar-refractivity contribution in [2.75, 3.05) is 0 Å². The molecule has 362 valence electrons. The van der Waals surface area contributed by atoms with Gasteiger partial charge in [0.2, 0.25) is 0 Å². The lowest BCUT2D eigenvalue weighted by atomic mass is 9.96. The van der Waals surface area contributed by atoms with E-state index in [1.54, 1.807) is 6.07 Å². The number of nitriles is 3. The second kappa shape index (κ2) is 18.3. The van der Waals surface area contributed by atoms with Crippen molar-refractivity contribution in [3.8, 4) is 85.2 Å². The lowest BCUT2D eigenvalue weighted by molar-refractivity contribution is 1.12. The average molecular weight is 976 g/mol. The van der Waals surface area contributed by atoms with Crippen LogP contribution in [0.4, 0.5) is 0 Å². The van der Waals surface area contributed by atoms with Gasteiger partial charge in [-0.15, -0.1) is 0 Å². The molecule has 0 amide bonds. The van der Waals surface area contributed by atoms with Crippen LogP contribution in [-0.2, 0) is 0 Å². The van der Waals surface area contributed by atoms with Gasteiger partial charge in [-0.3, -0.25) is 0 Å².